The molecule has 0 radical (unpaired) electrons. The summed E-state index contributed by atoms with van der Waals surface area (Å²) in [5.74, 6) is 0.762. The van der Waals surface area contributed by atoms with Crippen molar-refractivity contribution in [2.45, 2.75) is 19.3 Å². The highest BCUT2D eigenvalue weighted by Crippen LogP contribution is 2.26. The molecule has 1 unspecified atom stereocenters. The van der Waals surface area contributed by atoms with Crippen LogP contribution in [0.5, 0.6) is 0 Å². The van der Waals surface area contributed by atoms with Gasteiger partial charge in [-0.15, -0.1) is 0 Å². The van der Waals surface area contributed by atoms with Crippen LogP contribution in [0, 0.1) is 0 Å². The Balaban J connectivity index is 2.21. The van der Waals surface area contributed by atoms with E-state index in [4.69, 9.17) is 0 Å². The van der Waals surface area contributed by atoms with Crippen molar-refractivity contribution < 1.29 is 4.79 Å². The number of likely N-dealkylation sites (N-methyl/N-ethyl adjacent to an activating group) is 1. The number of hydrogen-bond donors (Lipinski definition) is 0. The number of carbonyl (C=O) groups is 1. The summed E-state index contributed by atoms with van der Waals surface area (Å²) in [7, 11) is 2.15. The first-order chi connectivity index (χ1) is 7.16. The Morgan fingerprint density at radius 1 is 1.47 bits per heavy atom. The first-order valence-corrected chi connectivity index (χ1v) is 5.46. The molecule has 2 nitrogen and oxygen atoms in total. The highest BCUT2D eigenvalue weighted by molar-refractivity contribution is 5.94. The van der Waals surface area contributed by atoms with Crippen LogP contribution >= 0.6 is 0 Å². The lowest BCUT2D eigenvalue weighted by Crippen LogP contribution is -2.13. The number of carbonyl (C=O) groups excluding carboxylic acids is 1. The number of nitrogens with zero attached hydrogens (tertiary/aromatic N) is 1. The van der Waals surface area contributed by atoms with Gasteiger partial charge in [0.05, 0.1) is 0 Å². The second kappa shape index (κ2) is 4.15. The average molecular weight is 203 g/mol. The Bertz CT molecular complexity index is 373. The molecule has 2 rings (SSSR count). The van der Waals surface area contributed by atoms with E-state index in [-0.39, 0.29) is 5.78 Å². The molecule has 1 saturated heterocycles. The Kier molecular flexibility index (Phi) is 2.87. The van der Waals surface area contributed by atoms with Crippen molar-refractivity contribution in [3.63, 3.8) is 0 Å². The number of Topliss-reactive ketones (excluding diaryl/α,β-unsaturated/α-hetero) is 1. The van der Waals surface area contributed by atoms with Gasteiger partial charge in [-0.1, -0.05) is 18.2 Å². The summed E-state index contributed by atoms with van der Waals surface area (Å²) in [5.41, 5.74) is 2.15. The van der Waals surface area contributed by atoms with E-state index in [0.717, 1.165) is 18.7 Å². The van der Waals surface area contributed by atoms with Gasteiger partial charge in [-0.05, 0) is 44.5 Å². The molecule has 0 saturated carbocycles. The molecule has 1 aliphatic rings. The molecule has 1 aromatic carbocycles. The van der Waals surface area contributed by atoms with E-state index in [2.05, 4.69) is 18.0 Å². The van der Waals surface area contributed by atoms with E-state index in [1.165, 1.54) is 12.0 Å². The van der Waals surface area contributed by atoms with Crippen LogP contribution in [0.25, 0.3) is 0 Å². The molecule has 0 amide bonds. The molecule has 0 aromatic heterocycles. The van der Waals surface area contributed by atoms with Gasteiger partial charge in [0.25, 0.3) is 0 Å². The van der Waals surface area contributed by atoms with E-state index >= 15 is 0 Å². The van der Waals surface area contributed by atoms with Crippen LogP contribution in [0.1, 0.15) is 35.2 Å². The largest absolute Gasteiger partial charge is 0.306 e. The van der Waals surface area contributed by atoms with E-state index in [1.54, 1.807) is 6.92 Å². The van der Waals surface area contributed by atoms with Crippen LogP contribution in [0.15, 0.2) is 24.3 Å². The molecule has 0 N–H and O–H groups in total. The number of ketones is 1. The minimum atomic E-state index is 0.156. The van der Waals surface area contributed by atoms with Gasteiger partial charge in [-0.3, -0.25) is 4.79 Å². The third kappa shape index (κ3) is 2.26. The van der Waals surface area contributed by atoms with E-state index in [0.29, 0.717) is 5.92 Å². The maximum Gasteiger partial charge on any atom is 0.159 e. The lowest BCUT2D eigenvalue weighted by atomic mass is 9.96. The van der Waals surface area contributed by atoms with E-state index < -0.39 is 0 Å². The predicted octanol–water partition coefficient (Wildman–Crippen LogP) is 2.31. The van der Waals surface area contributed by atoms with E-state index in [1.807, 2.05) is 18.2 Å². The van der Waals surface area contributed by atoms with Crippen LogP contribution in [0.4, 0.5) is 0 Å². The minimum absolute atomic E-state index is 0.156. The number of rotatable bonds is 2. The summed E-state index contributed by atoms with van der Waals surface area (Å²) in [6.07, 6.45) is 1.21. The zero-order chi connectivity index (χ0) is 10.8. The molecule has 1 fully saturated rings. The van der Waals surface area contributed by atoms with Crippen LogP contribution < -0.4 is 0 Å². The molecule has 80 valence electrons. The number of benzene rings is 1. The third-order valence-electron chi connectivity index (χ3n) is 3.16. The molecule has 1 heterocycles. The van der Waals surface area contributed by atoms with Crippen molar-refractivity contribution in [3.05, 3.63) is 35.4 Å². The van der Waals surface area contributed by atoms with Gasteiger partial charge in [0, 0.05) is 12.1 Å². The fourth-order valence-corrected chi connectivity index (χ4v) is 2.22. The Labute approximate surface area is 90.9 Å². The van der Waals surface area contributed by atoms with Crippen LogP contribution in [-0.2, 0) is 0 Å². The van der Waals surface area contributed by atoms with Gasteiger partial charge in [0.1, 0.15) is 0 Å². The molecular formula is C13H17NO. The Morgan fingerprint density at radius 2 is 2.27 bits per heavy atom. The molecule has 1 aromatic rings. The topological polar surface area (TPSA) is 20.3 Å². The first-order valence-electron chi connectivity index (χ1n) is 5.46. The SMILES string of the molecule is CC(=O)c1cccc(C2CCN(C)C2)c1. The number of likely N-dealkylation sites (tertiary alicyclic amines) is 1. The van der Waals surface area contributed by atoms with Gasteiger partial charge in [0.15, 0.2) is 5.78 Å². The normalized spacial score (nSPS) is 21.9. The first kappa shape index (κ1) is 10.4. The highest BCUT2D eigenvalue weighted by atomic mass is 16.1. The molecule has 1 atom stereocenters. The van der Waals surface area contributed by atoms with Crippen molar-refractivity contribution >= 4 is 5.78 Å². The third-order valence-corrected chi connectivity index (χ3v) is 3.16. The fraction of sp³-hybridized carbons (Fsp3) is 0.462. The van der Waals surface area contributed by atoms with E-state index in [9.17, 15) is 4.79 Å². The monoisotopic (exact) mass is 203 g/mol. The smallest absolute Gasteiger partial charge is 0.159 e. The standard InChI is InChI=1S/C13H17NO/c1-10(15)11-4-3-5-12(8-11)13-6-7-14(2)9-13/h3-5,8,13H,6-7,9H2,1-2H3. The molecular weight excluding hydrogens is 186 g/mol. The van der Waals surface area contributed by atoms with Crippen LogP contribution in [0.3, 0.4) is 0 Å². The average Bonchev–Trinajstić information content (AvgIpc) is 2.65. The molecule has 0 aliphatic carbocycles. The van der Waals surface area contributed by atoms with Crippen LogP contribution in [0.2, 0.25) is 0 Å². The zero-order valence-electron chi connectivity index (χ0n) is 9.36. The number of hydrogen-bond acceptors (Lipinski definition) is 2. The molecule has 2 heteroatoms. The zero-order valence-corrected chi connectivity index (χ0v) is 9.36. The summed E-state index contributed by atoms with van der Waals surface area (Å²) in [5, 5.41) is 0. The molecule has 0 spiro atoms. The molecule has 0 bridgehead atoms. The minimum Gasteiger partial charge on any atom is -0.306 e. The summed E-state index contributed by atoms with van der Waals surface area (Å²) in [6.45, 7) is 3.90. The van der Waals surface area contributed by atoms with Gasteiger partial charge in [-0.25, -0.2) is 0 Å². The lowest BCUT2D eigenvalue weighted by Gasteiger charge is -2.11. The van der Waals surface area contributed by atoms with Gasteiger partial charge in [0.2, 0.25) is 0 Å². The highest BCUT2D eigenvalue weighted by Gasteiger charge is 2.21. The lowest BCUT2D eigenvalue weighted by molar-refractivity contribution is 0.101. The second-order valence-corrected chi connectivity index (χ2v) is 4.43. The maximum absolute atomic E-state index is 11.3. The van der Waals surface area contributed by atoms with Gasteiger partial charge in [-0.2, -0.15) is 0 Å². The summed E-state index contributed by atoms with van der Waals surface area (Å²) in [4.78, 5) is 13.6. The van der Waals surface area contributed by atoms with Gasteiger partial charge < -0.3 is 4.90 Å². The van der Waals surface area contributed by atoms with Crippen molar-refractivity contribution in [2.24, 2.45) is 0 Å². The molecule has 1 aliphatic heterocycles. The van der Waals surface area contributed by atoms with Crippen molar-refractivity contribution in [1.82, 2.24) is 4.90 Å². The van der Waals surface area contributed by atoms with Crippen molar-refractivity contribution in [1.29, 1.82) is 0 Å². The second-order valence-electron chi connectivity index (χ2n) is 4.43. The maximum atomic E-state index is 11.3. The van der Waals surface area contributed by atoms with Crippen molar-refractivity contribution in [3.8, 4) is 0 Å². The predicted molar refractivity (Wildman–Crippen MR) is 61.3 cm³/mol. The quantitative estimate of drug-likeness (QED) is 0.687. The Hall–Kier alpha value is -1.15. The molecule has 15 heavy (non-hydrogen) atoms. The fourth-order valence-electron chi connectivity index (χ4n) is 2.22. The Morgan fingerprint density at radius 3 is 2.87 bits per heavy atom. The summed E-state index contributed by atoms with van der Waals surface area (Å²) < 4.78 is 0. The summed E-state index contributed by atoms with van der Waals surface area (Å²) >= 11 is 0. The summed E-state index contributed by atoms with van der Waals surface area (Å²) in [6, 6.07) is 8.07. The van der Waals surface area contributed by atoms with Crippen molar-refractivity contribution in [2.75, 3.05) is 20.1 Å². The van der Waals surface area contributed by atoms with Crippen LogP contribution in [-0.4, -0.2) is 30.8 Å². The van der Waals surface area contributed by atoms with Gasteiger partial charge >= 0.3 is 0 Å².